The molecule has 36 heavy (non-hydrogen) atoms. The first-order chi connectivity index (χ1) is 17.1. The molecule has 0 spiro atoms. The molecular formula is C29H35NO5Si. The van der Waals surface area contributed by atoms with E-state index in [-0.39, 0.29) is 18.1 Å². The van der Waals surface area contributed by atoms with Gasteiger partial charge in [-0.1, -0.05) is 75.5 Å². The summed E-state index contributed by atoms with van der Waals surface area (Å²) in [6, 6.07) is 19.1. The van der Waals surface area contributed by atoms with Gasteiger partial charge in [-0.15, -0.1) is 0 Å². The minimum atomic E-state index is -1.30. The third kappa shape index (κ3) is 7.04. The van der Waals surface area contributed by atoms with Crippen LogP contribution < -0.4 is 5.56 Å². The van der Waals surface area contributed by atoms with E-state index in [1.54, 1.807) is 16.7 Å². The number of rotatable bonds is 11. The predicted molar refractivity (Wildman–Crippen MR) is 146 cm³/mol. The number of aryl methyl sites for hydroxylation is 1. The molecule has 0 aliphatic heterocycles. The summed E-state index contributed by atoms with van der Waals surface area (Å²) in [6.45, 7) is 9.51. The van der Waals surface area contributed by atoms with Gasteiger partial charge in [0.05, 0.1) is 18.7 Å². The Morgan fingerprint density at radius 3 is 2.28 bits per heavy atom. The molecule has 1 aromatic heterocycles. The number of carboxylic acid groups (broad SMARTS) is 1. The smallest absolute Gasteiger partial charge is 0.341 e. The molecule has 0 atom stereocenters. The first-order valence-corrected chi connectivity index (χ1v) is 16.1. The maximum atomic E-state index is 12.9. The van der Waals surface area contributed by atoms with Crippen molar-refractivity contribution in [3.63, 3.8) is 0 Å². The van der Waals surface area contributed by atoms with Crippen molar-refractivity contribution in [2.75, 3.05) is 6.61 Å². The van der Waals surface area contributed by atoms with E-state index in [1.165, 1.54) is 6.07 Å². The lowest BCUT2D eigenvalue weighted by atomic mass is 9.98. The molecule has 0 radical (unpaired) electrons. The number of ether oxygens (including phenoxy) is 1. The summed E-state index contributed by atoms with van der Waals surface area (Å²) >= 11 is 0. The van der Waals surface area contributed by atoms with E-state index in [2.05, 4.69) is 26.6 Å². The lowest BCUT2D eigenvalue weighted by molar-refractivity contribution is 0.0525. The fourth-order valence-corrected chi connectivity index (χ4v) is 4.66. The van der Waals surface area contributed by atoms with Gasteiger partial charge in [0.15, 0.2) is 0 Å². The minimum Gasteiger partial charge on any atom is -0.477 e. The van der Waals surface area contributed by atoms with E-state index < -0.39 is 19.6 Å². The lowest BCUT2D eigenvalue weighted by Gasteiger charge is -2.16. The van der Waals surface area contributed by atoms with Crippen LogP contribution in [0.2, 0.25) is 25.7 Å². The van der Waals surface area contributed by atoms with Crippen LogP contribution >= 0.6 is 0 Å². The Balaban J connectivity index is 1.85. The number of carbonyl (C=O) groups is 2. The molecular weight excluding hydrogens is 470 g/mol. The van der Waals surface area contributed by atoms with E-state index in [9.17, 15) is 19.5 Å². The molecule has 0 unspecified atom stereocenters. The molecule has 0 aliphatic carbocycles. The number of benzene rings is 2. The van der Waals surface area contributed by atoms with Crippen LogP contribution in [-0.4, -0.2) is 36.3 Å². The zero-order valence-corrected chi connectivity index (χ0v) is 22.5. The zero-order valence-electron chi connectivity index (χ0n) is 21.5. The number of hydrogen-bond acceptors (Lipinski definition) is 4. The first kappa shape index (κ1) is 27.1. The van der Waals surface area contributed by atoms with Crippen LogP contribution in [0.15, 0.2) is 65.5 Å². The van der Waals surface area contributed by atoms with E-state index in [0.717, 1.165) is 41.3 Å². The second-order valence-corrected chi connectivity index (χ2v) is 15.8. The standard InChI is InChI=1S/C29H35NO5Si/c1-5-6-9-23-16-17-26(28(32)33)27(31)30(23)20-21-12-14-22(15-13-21)24-10-7-8-11-25(24)29(34)35-18-19-36(2,3)4/h7-8,10-17H,5-6,9,18-20H2,1-4H3,(H,32,33). The summed E-state index contributed by atoms with van der Waals surface area (Å²) in [5, 5.41) is 9.40. The number of aromatic carboxylic acids is 1. The molecule has 0 amide bonds. The van der Waals surface area contributed by atoms with Gasteiger partial charge in [0.2, 0.25) is 0 Å². The van der Waals surface area contributed by atoms with E-state index >= 15 is 0 Å². The largest absolute Gasteiger partial charge is 0.477 e. The van der Waals surface area contributed by atoms with E-state index in [4.69, 9.17) is 4.74 Å². The number of unbranched alkanes of at least 4 members (excludes halogenated alkanes) is 1. The summed E-state index contributed by atoms with van der Waals surface area (Å²) in [5.74, 6) is -1.55. The molecule has 1 N–H and O–H groups in total. The van der Waals surface area contributed by atoms with E-state index in [1.807, 2.05) is 42.5 Å². The van der Waals surface area contributed by atoms with Crippen molar-refractivity contribution >= 4 is 20.0 Å². The summed E-state index contributed by atoms with van der Waals surface area (Å²) in [5.41, 5.74) is 3.15. The number of pyridine rings is 1. The number of esters is 1. The number of carboxylic acids is 1. The number of aromatic nitrogens is 1. The molecule has 0 aliphatic rings. The van der Waals surface area contributed by atoms with Crippen LogP contribution in [0.25, 0.3) is 11.1 Å². The van der Waals surface area contributed by atoms with Crippen molar-refractivity contribution in [1.29, 1.82) is 0 Å². The highest BCUT2D eigenvalue weighted by atomic mass is 28.3. The monoisotopic (exact) mass is 505 g/mol. The van der Waals surface area contributed by atoms with Gasteiger partial charge in [0, 0.05) is 13.8 Å². The molecule has 0 saturated heterocycles. The Bertz CT molecular complexity index is 1270. The molecule has 0 bridgehead atoms. The average molecular weight is 506 g/mol. The van der Waals surface area contributed by atoms with Crippen molar-refractivity contribution in [1.82, 2.24) is 4.57 Å². The average Bonchev–Trinajstić information content (AvgIpc) is 2.83. The third-order valence-corrected chi connectivity index (χ3v) is 7.82. The summed E-state index contributed by atoms with van der Waals surface area (Å²) in [6.07, 6.45) is 2.59. The summed E-state index contributed by atoms with van der Waals surface area (Å²) < 4.78 is 7.12. The normalized spacial score (nSPS) is 11.3. The molecule has 6 nitrogen and oxygen atoms in total. The Kier molecular flexibility index (Phi) is 9.04. The Labute approximate surface area is 213 Å². The topological polar surface area (TPSA) is 85.6 Å². The number of hydrogen-bond donors (Lipinski definition) is 1. The molecule has 0 saturated carbocycles. The second kappa shape index (κ2) is 12.0. The van der Waals surface area contributed by atoms with Crippen LogP contribution in [0.1, 0.15) is 51.7 Å². The van der Waals surface area contributed by atoms with Gasteiger partial charge in [-0.05, 0) is 53.8 Å². The Morgan fingerprint density at radius 1 is 0.944 bits per heavy atom. The van der Waals surface area contributed by atoms with Crippen molar-refractivity contribution in [3.8, 4) is 11.1 Å². The van der Waals surface area contributed by atoms with Crippen LogP contribution in [-0.2, 0) is 17.7 Å². The SMILES string of the molecule is CCCCc1ccc(C(=O)O)c(=O)n1Cc1ccc(-c2ccccc2C(=O)OCC[Si](C)(C)C)cc1. The zero-order chi connectivity index (χ0) is 26.3. The summed E-state index contributed by atoms with van der Waals surface area (Å²) in [7, 11) is -1.30. The molecule has 0 fully saturated rings. The van der Waals surface area contributed by atoms with E-state index in [0.29, 0.717) is 18.6 Å². The van der Waals surface area contributed by atoms with Gasteiger partial charge in [-0.25, -0.2) is 9.59 Å². The Hall–Kier alpha value is -3.45. The first-order valence-electron chi connectivity index (χ1n) is 12.4. The third-order valence-electron chi connectivity index (χ3n) is 6.12. The van der Waals surface area contributed by atoms with Crippen molar-refractivity contribution in [2.45, 2.75) is 58.4 Å². The van der Waals surface area contributed by atoms with Crippen LogP contribution in [0, 0.1) is 0 Å². The molecule has 2 aromatic carbocycles. The second-order valence-electron chi connectivity index (χ2n) is 10.2. The van der Waals surface area contributed by atoms with Crippen LogP contribution in [0.5, 0.6) is 0 Å². The predicted octanol–water partition coefficient (Wildman–Crippen LogP) is 6.10. The van der Waals surface area contributed by atoms with Crippen LogP contribution in [0.3, 0.4) is 0 Å². The van der Waals surface area contributed by atoms with Gasteiger partial charge in [-0.2, -0.15) is 0 Å². The van der Waals surface area contributed by atoms with Gasteiger partial charge < -0.3 is 14.4 Å². The highest BCUT2D eigenvalue weighted by molar-refractivity contribution is 6.76. The van der Waals surface area contributed by atoms with Crippen molar-refractivity contribution in [2.24, 2.45) is 0 Å². The number of nitrogens with zero attached hydrogens (tertiary/aromatic N) is 1. The molecule has 3 rings (SSSR count). The quantitative estimate of drug-likeness (QED) is 0.251. The molecule has 1 heterocycles. The number of carbonyl (C=O) groups excluding carboxylic acids is 1. The van der Waals surface area contributed by atoms with Gasteiger partial charge >= 0.3 is 11.9 Å². The maximum Gasteiger partial charge on any atom is 0.341 e. The molecule has 7 heteroatoms. The van der Waals surface area contributed by atoms with Gasteiger partial charge in [-0.3, -0.25) is 4.79 Å². The summed E-state index contributed by atoms with van der Waals surface area (Å²) in [4.78, 5) is 37.2. The van der Waals surface area contributed by atoms with Crippen molar-refractivity contribution in [3.05, 3.63) is 93.4 Å². The van der Waals surface area contributed by atoms with Gasteiger partial charge in [0.25, 0.3) is 5.56 Å². The van der Waals surface area contributed by atoms with Crippen LogP contribution in [0.4, 0.5) is 0 Å². The highest BCUT2D eigenvalue weighted by Gasteiger charge is 2.18. The fraction of sp³-hybridized carbons (Fsp3) is 0.345. The molecule has 190 valence electrons. The fourth-order valence-electron chi connectivity index (χ4n) is 3.94. The molecule has 3 aromatic rings. The van der Waals surface area contributed by atoms with Gasteiger partial charge in [0.1, 0.15) is 5.56 Å². The maximum absolute atomic E-state index is 12.9. The lowest BCUT2D eigenvalue weighted by Crippen LogP contribution is -2.29. The minimum absolute atomic E-state index is 0.228. The Morgan fingerprint density at radius 2 is 1.64 bits per heavy atom. The van der Waals surface area contributed by atoms with Crippen molar-refractivity contribution < 1.29 is 19.4 Å². The highest BCUT2D eigenvalue weighted by Crippen LogP contribution is 2.25.